The number of rotatable bonds is 3. The molecule has 0 N–H and O–H groups in total. The number of hydrogen-bond donors (Lipinski definition) is 0. The number of para-hydroxylation sites is 2. The van der Waals surface area contributed by atoms with Gasteiger partial charge in [0.25, 0.3) is 0 Å². The summed E-state index contributed by atoms with van der Waals surface area (Å²) in [4.78, 5) is 5.05. The summed E-state index contributed by atoms with van der Waals surface area (Å²) in [5, 5.41) is 2.69. The number of thiophene rings is 1. The fourth-order valence-corrected chi connectivity index (χ4v) is 10.2. The summed E-state index contributed by atoms with van der Waals surface area (Å²) in [6.45, 7) is 0. The lowest BCUT2D eigenvalue weighted by Crippen LogP contribution is -2.32. The van der Waals surface area contributed by atoms with Gasteiger partial charge in [-0.05, 0) is 94.0 Å². The minimum atomic E-state index is -0.442. The Morgan fingerprint density at radius 1 is 0.391 bits per heavy atom. The van der Waals surface area contributed by atoms with E-state index in [1.807, 2.05) is 23.1 Å². The van der Waals surface area contributed by atoms with E-state index in [9.17, 15) is 0 Å². The maximum atomic E-state index is 2.52. The van der Waals surface area contributed by atoms with Crippen molar-refractivity contribution in [2.24, 2.45) is 0 Å². The van der Waals surface area contributed by atoms with Crippen LogP contribution in [0, 0.1) is 0 Å². The lowest BCUT2D eigenvalue weighted by molar-refractivity contribution is 0.724. The van der Waals surface area contributed by atoms with Gasteiger partial charge in [0.2, 0.25) is 0 Å². The molecule has 0 fully saturated rings. The minimum absolute atomic E-state index is 0.442. The van der Waals surface area contributed by atoms with Gasteiger partial charge in [-0.1, -0.05) is 115 Å². The van der Waals surface area contributed by atoms with E-state index in [2.05, 4.69) is 169 Å². The average Bonchev–Trinajstić information content (AvgIpc) is 3.62. The molecule has 8 aromatic rings. The van der Waals surface area contributed by atoms with E-state index >= 15 is 0 Å². The minimum Gasteiger partial charge on any atom is -0.310 e. The largest absolute Gasteiger partial charge is 0.310 e. The zero-order chi connectivity index (χ0) is 30.2. The Morgan fingerprint density at radius 2 is 1.04 bits per heavy atom. The van der Waals surface area contributed by atoms with Crippen molar-refractivity contribution >= 4 is 60.3 Å². The molecular formula is C43H27NS2. The van der Waals surface area contributed by atoms with Crippen molar-refractivity contribution in [2.45, 2.75) is 15.2 Å². The van der Waals surface area contributed by atoms with E-state index in [0.717, 1.165) is 17.1 Å². The molecule has 1 atom stereocenters. The Balaban J connectivity index is 1.31. The third kappa shape index (κ3) is 3.58. The molecule has 0 bridgehead atoms. The second kappa shape index (κ2) is 9.95. The third-order valence-electron chi connectivity index (χ3n) is 9.71. The molecule has 3 heteroatoms. The van der Waals surface area contributed by atoms with E-state index in [4.69, 9.17) is 0 Å². The standard InChI is InChI=1S/C43H27NS2/c1-3-13-28(14-4-1)44(29-15-5-2-6-16-29)30-23-24-32-31-17-7-9-19-35(31)43(37(32)25-30)36-20-10-12-22-40(36)46-42-26-34-33-18-8-11-21-39(33)45-41(34)27-38(42)43/h1-27H. The first kappa shape index (κ1) is 26.2. The lowest BCUT2D eigenvalue weighted by Gasteiger charge is -2.40. The molecule has 0 radical (unpaired) electrons. The van der Waals surface area contributed by atoms with Crippen molar-refractivity contribution in [1.82, 2.24) is 0 Å². The van der Waals surface area contributed by atoms with Crippen LogP contribution >= 0.6 is 23.1 Å². The first-order chi connectivity index (χ1) is 22.8. The number of anilines is 3. The number of hydrogen-bond acceptors (Lipinski definition) is 3. The average molecular weight is 622 g/mol. The van der Waals surface area contributed by atoms with Crippen molar-refractivity contribution in [3.8, 4) is 11.1 Å². The topological polar surface area (TPSA) is 3.24 Å². The van der Waals surface area contributed by atoms with Gasteiger partial charge in [0, 0.05) is 47.0 Å². The van der Waals surface area contributed by atoms with Crippen LogP contribution in [0.3, 0.4) is 0 Å². The van der Waals surface area contributed by atoms with Crippen LogP contribution in [0.2, 0.25) is 0 Å². The molecule has 0 saturated carbocycles. The number of nitrogens with zero attached hydrogens (tertiary/aromatic N) is 1. The van der Waals surface area contributed by atoms with E-state index in [0.29, 0.717) is 0 Å². The molecule has 1 spiro atoms. The molecule has 0 amide bonds. The molecular weight excluding hydrogens is 595 g/mol. The first-order valence-electron chi connectivity index (χ1n) is 15.7. The third-order valence-corrected chi connectivity index (χ3v) is 12.0. The maximum Gasteiger partial charge on any atom is 0.0736 e. The van der Waals surface area contributed by atoms with Gasteiger partial charge in [0.05, 0.1) is 5.41 Å². The van der Waals surface area contributed by atoms with Crippen LogP contribution in [-0.2, 0) is 5.41 Å². The predicted molar refractivity (Wildman–Crippen MR) is 195 cm³/mol. The summed E-state index contributed by atoms with van der Waals surface area (Å²) < 4.78 is 2.68. The molecule has 10 rings (SSSR count). The molecule has 1 aromatic heterocycles. The summed E-state index contributed by atoms with van der Waals surface area (Å²) >= 11 is 3.82. The fourth-order valence-electron chi connectivity index (χ4n) is 7.85. The van der Waals surface area contributed by atoms with E-state index < -0.39 is 5.41 Å². The van der Waals surface area contributed by atoms with Crippen molar-refractivity contribution in [2.75, 3.05) is 4.90 Å². The Labute approximate surface area is 276 Å². The molecule has 7 aromatic carbocycles. The van der Waals surface area contributed by atoms with Crippen molar-refractivity contribution in [3.63, 3.8) is 0 Å². The molecule has 46 heavy (non-hydrogen) atoms. The van der Waals surface area contributed by atoms with E-state index in [1.165, 1.54) is 63.3 Å². The molecule has 2 heterocycles. The smallest absolute Gasteiger partial charge is 0.0736 e. The summed E-state index contributed by atoms with van der Waals surface area (Å²) in [6, 6.07) is 60.6. The molecule has 216 valence electrons. The van der Waals surface area contributed by atoms with Crippen molar-refractivity contribution in [3.05, 3.63) is 186 Å². The van der Waals surface area contributed by atoms with E-state index in [-0.39, 0.29) is 0 Å². The van der Waals surface area contributed by atoms with Crippen LogP contribution in [0.15, 0.2) is 174 Å². The Hall–Kier alpha value is -5.09. The van der Waals surface area contributed by atoms with Crippen molar-refractivity contribution < 1.29 is 0 Å². The van der Waals surface area contributed by atoms with Crippen LogP contribution < -0.4 is 4.90 Å². The zero-order valence-electron chi connectivity index (χ0n) is 24.9. The molecule has 0 saturated heterocycles. The van der Waals surface area contributed by atoms with Crippen LogP contribution in [0.5, 0.6) is 0 Å². The van der Waals surface area contributed by atoms with Crippen LogP contribution in [0.1, 0.15) is 22.3 Å². The van der Waals surface area contributed by atoms with Crippen molar-refractivity contribution in [1.29, 1.82) is 0 Å². The fraction of sp³-hybridized carbons (Fsp3) is 0.0233. The van der Waals surface area contributed by atoms with Gasteiger partial charge < -0.3 is 4.90 Å². The first-order valence-corrected chi connectivity index (χ1v) is 17.3. The summed E-state index contributed by atoms with van der Waals surface area (Å²) in [5.74, 6) is 0. The highest BCUT2D eigenvalue weighted by atomic mass is 32.2. The summed E-state index contributed by atoms with van der Waals surface area (Å²) in [6.07, 6.45) is 0. The van der Waals surface area contributed by atoms with Gasteiger partial charge in [-0.15, -0.1) is 11.3 Å². The molecule has 1 unspecified atom stereocenters. The van der Waals surface area contributed by atoms with Crippen LogP contribution in [-0.4, -0.2) is 0 Å². The van der Waals surface area contributed by atoms with Gasteiger partial charge in [0.15, 0.2) is 0 Å². The molecule has 1 aliphatic heterocycles. The Kier molecular flexibility index (Phi) is 5.66. The highest BCUT2D eigenvalue weighted by Gasteiger charge is 2.50. The molecule has 1 aliphatic carbocycles. The highest BCUT2D eigenvalue weighted by molar-refractivity contribution is 7.99. The second-order valence-electron chi connectivity index (χ2n) is 12.1. The lowest BCUT2D eigenvalue weighted by atomic mass is 9.67. The van der Waals surface area contributed by atoms with Gasteiger partial charge >= 0.3 is 0 Å². The van der Waals surface area contributed by atoms with Crippen LogP contribution in [0.25, 0.3) is 31.3 Å². The Bertz CT molecular complexity index is 2420. The SMILES string of the molecule is c1ccc(N(c2ccccc2)c2ccc3c(c2)C2(c4ccccc4Sc4cc5c(cc42)sc2ccccc25)c2ccccc2-3)cc1. The quantitative estimate of drug-likeness (QED) is 0.193. The van der Waals surface area contributed by atoms with Gasteiger partial charge in [-0.25, -0.2) is 0 Å². The van der Waals surface area contributed by atoms with Gasteiger partial charge in [0.1, 0.15) is 0 Å². The predicted octanol–water partition coefficient (Wildman–Crippen LogP) is 12.4. The number of fused-ring (bicyclic) bond motifs is 12. The summed E-state index contributed by atoms with van der Waals surface area (Å²) in [7, 11) is 0. The Morgan fingerprint density at radius 3 is 1.85 bits per heavy atom. The number of benzene rings is 7. The monoisotopic (exact) mass is 621 g/mol. The van der Waals surface area contributed by atoms with Crippen LogP contribution in [0.4, 0.5) is 17.1 Å². The maximum absolute atomic E-state index is 2.52. The van der Waals surface area contributed by atoms with E-state index in [1.54, 1.807) is 0 Å². The van der Waals surface area contributed by atoms with Gasteiger partial charge in [-0.3, -0.25) is 0 Å². The summed E-state index contributed by atoms with van der Waals surface area (Å²) in [5.41, 5.74) is 11.1. The highest BCUT2D eigenvalue weighted by Crippen LogP contribution is 2.63. The van der Waals surface area contributed by atoms with Gasteiger partial charge in [-0.2, -0.15) is 0 Å². The zero-order valence-corrected chi connectivity index (χ0v) is 26.5. The molecule has 2 aliphatic rings. The second-order valence-corrected chi connectivity index (χ2v) is 14.2. The molecule has 1 nitrogen and oxygen atoms in total. The normalized spacial score (nSPS) is 15.8.